The summed E-state index contributed by atoms with van der Waals surface area (Å²) in [7, 11) is 0. The maximum Gasteiger partial charge on any atom is 0.185 e. The molecule has 2 aromatic rings. The van der Waals surface area contributed by atoms with Gasteiger partial charge in [0.1, 0.15) is 5.75 Å². The molecule has 1 aliphatic rings. The highest BCUT2D eigenvalue weighted by Gasteiger charge is 2.23. The molecule has 0 radical (unpaired) electrons. The highest BCUT2D eigenvalue weighted by Crippen LogP contribution is 2.30. The molecule has 0 spiro atoms. The van der Waals surface area contributed by atoms with Crippen molar-refractivity contribution in [3.63, 3.8) is 0 Å². The summed E-state index contributed by atoms with van der Waals surface area (Å²) in [5.41, 5.74) is 4.23. The van der Waals surface area contributed by atoms with Gasteiger partial charge < -0.3 is 14.2 Å². The van der Waals surface area contributed by atoms with Crippen LogP contribution < -0.4 is 4.74 Å². The first kappa shape index (κ1) is 32.6. The molecule has 0 saturated carbocycles. The second-order valence-electron chi connectivity index (χ2n) is 11.9. The number of aryl methyl sites for hydroxylation is 1. The summed E-state index contributed by atoms with van der Waals surface area (Å²) >= 11 is 0. The molecule has 4 heteroatoms. The van der Waals surface area contributed by atoms with E-state index in [-0.39, 0.29) is 6.29 Å². The molecule has 1 aromatic heterocycles. The average Bonchev–Trinajstić information content (AvgIpc) is 2.99. The monoisotopic (exact) mass is 551 g/mol. The average molecular weight is 552 g/mol. The second-order valence-corrected chi connectivity index (χ2v) is 11.9. The van der Waals surface area contributed by atoms with Crippen LogP contribution in [-0.4, -0.2) is 24.8 Å². The molecule has 40 heavy (non-hydrogen) atoms. The zero-order chi connectivity index (χ0) is 28.3. The molecule has 0 atom stereocenters. The molecule has 3 rings (SSSR count). The minimum Gasteiger partial charge on any atom is -0.493 e. The summed E-state index contributed by atoms with van der Waals surface area (Å²) < 4.78 is 18.2. The predicted octanol–water partition coefficient (Wildman–Crippen LogP) is 10.8. The fourth-order valence-corrected chi connectivity index (χ4v) is 5.57. The van der Waals surface area contributed by atoms with Gasteiger partial charge in [0, 0.05) is 23.2 Å². The Morgan fingerprint density at radius 1 is 0.725 bits per heavy atom. The Bertz CT molecular complexity index is 905. The number of nitrogens with zero attached hydrogens (tertiary/aromatic N) is 1. The summed E-state index contributed by atoms with van der Waals surface area (Å²) in [6.45, 7) is 9.02. The van der Waals surface area contributed by atoms with Crippen molar-refractivity contribution in [1.82, 2.24) is 4.98 Å². The van der Waals surface area contributed by atoms with Crippen molar-refractivity contribution in [3.8, 4) is 17.0 Å². The quantitative estimate of drug-likeness (QED) is 0.145. The Hall–Kier alpha value is -1.91. The van der Waals surface area contributed by atoms with E-state index in [1.165, 1.54) is 103 Å². The van der Waals surface area contributed by atoms with Gasteiger partial charge in [-0.2, -0.15) is 0 Å². The molecule has 0 N–H and O–H groups in total. The van der Waals surface area contributed by atoms with Gasteiger partial charge in [-0.3, -0.25) is 4.98 Å². The zero-order valence-electron chi connectivity index (χ0n) is 25.9. The van der Waals surface area contributed by atoms with Gasteiger partial charge in [-0.25, -0.2) is 0 Å². The Balaban J connectivity index is 1.32. The van der Waals surface area contributed by atoms with Gasteiger partial charge in [-0.15, -0.1) is 0 Å². The minimum absolute atomic E-state index is 0.301. The zero-order valence-corrected chi connectivity index (χ0v) is 25.9. The van der Waals surface area contributed by atoms with Crippen LogP contribution in [0.25, 0.3) is 11.3 Å². The second kappa shape index (κ2) is 20.0. The molecule has 1 aliphatic heterocycles. The van der Waals surface area contributed by atoms with Gasteiger partial charge in [-0.1, -0.05) is 116 Å². The maximum absolute atomic E-state index is 6.08. The van der Waals surface area contributed by atoms with Gasteiger partial charge in [0.15, 0.2) is 6.29 Å². The van der Waals surface area contributed by atoms with Gasteiger partial charge in [-0.05, 0) is 49.6 Å². The van der Waals surface area contributed by atoms with Crippen LogP contribution in [0.1, 0.15) is 140 Å². The number of aromatic nitrogens is 1. The number of benzene rings is 1. The molecule has 1 aromatic carbocycles. The molecule has 0 aliphatic carbocycles. The van der Waals surface area contributed by atoms with E-state index in [0.29, 0.717) is 5.92 Å². The van der Waals surface area contributed by atoms with Crippen LogP contribution in [0.2, 0.25) is 0 Å². The number of pyridine rings is 1. The Kier molecular flexibility index (Phi) is 16.3. The van der Waals surface area contributed by atoms with Crippen LogP contribution in [0.4, 0.5) is 0 Å². The molecule has 224 valence electrons. The summed E-state index contributed by atoms with van der Waals surface area (Å²) in [4.78, 5) is 4.73. The molecular weight excluding hydrogens is 494 g/mol. The Morgan fingerprint density at radius 3 is 1.90 bits per heavy atom. The molecular formula is C36H57NO3. The molecule has 1 fully saturated rings. The molecule has 1 saturated heterocycles. The first-order valence-electron chi connectivity index (χ1n) is 16.6. The topological polar surface area (TPSA) is 40.6 Å². The van der Waals surface area contributed by atoms with Crippen molar-refractivity contribution in [2.24, 2.45) is 5.92 Å². The van der Waals surface area contributed by atoms with Crippen LogP contribution in [0.5, 0.6) is 5.75 Å². The standard InChI is InChI=1S/C36H57NO3/c1-4-6-8-10-12-14-16-18-20-31-28-39-36(40-29-31)33-21-23-34(37-27-33)32-22-24-35(30(3)26-32)38-25-19-17-15-13-11-9-7-5-2/h21-24,26-27,31,36H,4-20,25,28-29H2,1-3H3/t31-,36-. The van der Waals surface area contributed by atoms with E-state index in [1.807, 2.05) is 6.20 Å². The third-order valence-corrected chi connectivity index (χ3v) is 8.22. The van der Waals surface area contributed by atoms with Crippen molar-refractivity contribution in [2.45, 2.75) is 136 Å². The number of hydrogen-bond acceptors (Lipinski definition) is 4. The molecule has 4 nitrogen and oxygen atoms in total. The fraction of sp³-hybridized carbons (Fsp3) is 0.694. The SMILES string of the molecule is CCCCCCCCCCOc1ccc(-c2ccc([C@H]3OC[C@H](CCCCCCCCCC)CO3)cn2)cc1C. The van der Waals surface area contributed by atoms with Gasteiger partial charge in [0.2, 0.25) is 0 Å². The van der Waals surface area contributed by atoms with Crippen LogP contribution >= 0.6 is 0 Å². The van der Waals surface area contributed by atoms with E-state index in [0.717, 1.165) is 54.4 Å². The van der Waals surface area contributed by atoms with E-state index >= 15 is 0 Å². The van der Waals surface area contributed by atoms with Crippen LogP contribution in [-0.2, 0) is 9.47 Å². The molecule has 0 unspecified atom stereocenters. The molecule has 0 bridgehead atoms. The highest BCUT2D eigenvalue weighted by molar-refractivity contribution is 5.62. The maximum atomic E-state index is 6.08. The van der Waals surface area contributed by atoms with Crippen molar-refractivity contribution in [2.75, 3.05) is 19.8 Å². The summed E-state index contributed by atoms with van der Waals surface area (Å²) in [5, 5.41) is 0. The Labute approximate surface area is 245 Å². The highest BCUT2D eigenvalue weighted by atomic mass is 16.7. The number of ether oxygens (including phenoxy) is 3. The fourth-order valence-electron chi connectivity index (χ4n) is 5.57. The first-order valence-corrected chi connectivity index (χ1v) is 16.6. The summed E-state index contributed by atoms with van der Waals surface area (Å²) in [5.74, 6) is 1.50. The van der Waals surface area contributed by atoms with Crippen LogP contribution in [0.15, 0.2) is 36.5 Å². The van der Waals surface area contributed by atoms with E-state index in [4.69, 9.17) is 19.2 Å². The molecule has 2 heterocycles. The van der Waals surface area contributed by atoms with E-state index in [2.05, 4.69) is 51.1 Å². The lowest BCUT2D eigenvalue weighted by Gasteiger charge is -2.29. The van der Waals surface area contributed by atoms with Crippen molar-refractivity contribution < 1.29 is 14.2 Å². The van der Waals surface area contributed by atoms with Gasteiger partial charge in [0.05, 0.1) is 25.5 Å². The largest absolute Gasteiger partial charge is 0.493 e. The first-order chi connectivity index (χ1) is 19.7. The van der Waals surface area contributed by atoms with E-state index in [1.54, 1.807) is 0 Å². The number of hydrogen-bond donors (Lipinski definition) is 0. The lowest BCUT2D eigenvalue weighted by molar-refractivity contribution is -0.206. The lowest BCUT2D eigenvalue weighted by atomic mass is 10.0. The lowest BCUT2D eigenvalue weighted by Crippen LogP contribution is -2.27. The minimum atomic E-state index is -0.301. The van der Waals surface area contributed by atoms with Crippen LogP contribution in [0.3, 0.4) is 0 Å². The smallest absolute Gasteiger partial charge is 0.185 e. The number of unbranched alkanes of at least 4 members (excludes halogenated alkanes) is 14. The van der Waals surface area contributed by atoms with E-state index < -0.39 is 0 Å². The third-order valence-electron chi connectivity index (χ3n) is 8.22. The summed E-state index contributed by atoms with van der Waals surface area (Å²) in [6.07, 6.45) is 24.2. The van der Waals surface area contributed by atoms with Crippen molar-refractivity contribution in [1.29, 1.82) is 0 Å². The van der Waals surface area contributed by atoms with Crippen LogP contribution in [0, 0.1) is 12.8 Å². The van der Waals surface area contributed by atoms with Crippen molar-refractivity contribution in [3.05, 3.63) is 47.7 Å². The van der Waals surface area contributed by atoms with Gasteiger partial charge >= 0.3 is 0 Å². The summed E-state index contributed by atoms with van der Waals surface area (Å²) in [6, 6.07) is 10.5. The van der Waals surface area contributed by atoms with E-state index in [9.17, 15) is 0 Å². The molecule has 0 amide bonds. The predicted molar refractivity (Wildman–Crippen MR) is 168 cm³/mol. The van der Waals surface area contributed by atoms with Gasteiger partial charge in [0.25, 0.3) is 0 Å². The third kappa shape index (κ3) is 12.3. The van der Waals surface area contributed by atoms with Crippen molar-refractivity contribution >= 4 is 0 Å². The normalized spacial score (nSPS) is 17.3. The Morgan fingerprint density at radius 2 is 1.32 bits per heavy atom. The number of rotatable bonds is 21.